The Morgan fingerprint density at radius 3 is 2.69 bits per heavy atom. The maximum atomic E-state index is 12.6. The minimum absolute atomic E-state index is 0.0848. The zero-order chi connectivity index (χ0) is 10.1. The number of methoxy groups -OCH3 is 1. The summed E-state index contributed by atoms with van der Waals surface area (Å²) >= 11 is 2.15. The van der Waals surface area contributed by atoms with Gasteiger partial charge in [-0.05, 0) is 6.07 Å². The molecular formula is C7H6BrF2NO2. The fourth-order valence-electron chi connectivity index (χ4n) is 0.793. The second-order valence-corrected chi connectivity index (χ2v) is 3.22. The summed E-state index contributed by atoms with van der Waals surface area (Å²) in [6.07, 6.45) is 2.08. The van der Waals surface area contributed by atoms with Crippen LogP contribution in [0.3, 0.4) is 0 Å². The molecule has 0 amide bonds. The van der Waals surface area contributed by atoms with Crippen LogP contribution in [0.15, 0.2) is 18.5 Å². The van der Waals surface area contributed by atoms with E-state index in [0.717, 1.165) is 12.4 Å². The maximum absolute atomic E-state index is 12.6. The molecule has 1 rings (SSSR count). The number of ether oxygens (including phenoxy) is 1. The Bertz CT molecular complexity index is 319. The Balaban J connectivity index is 2.93. The van der Waals surface area contributed by atoms with Crippen LogP contribution >= 0.6 is 15.9 Å². The summed E-state index contributed by atoms with van der Waals surface area (Å²) in [4.78, 5) is 7.68. The largest absolute Gasteiger partial charge is 0.465 e. The summed E-state index contributed by atoms with van der Waals surface area (Å²) in [6.45, 7) is 0. The van der Waals surface area contributed by atoms with E-state index in [2.05, 4.69) is 20.7 Å². The molecule has 3 nitrogen and oxygen atoms in total. The Kier molecular flexibility index (Phi) is 2.70. The van der Waals surface area contributed by atoms with E-state index >= 15 is 0 Å². The smallest absolute Gasteiger partial charge is 0.386 e. The van der Waals surface area contributed by atoms with Crippen LogP contribution in [0.5, 0.6) is 0 Å². The molecule has 0 aliphatic carbocycles. The second kappa shape index (κ2) is 3.45. The first kappa shape index (κ1) is 10.2. The molecule has 6 heteroatoms. The van der Waals surface area contributed by atoms with Crippen molar-refractivity contribution in [2.24, 2.45) is 0 Å². The van der Waals surface area contributed by atoms with Gasteiger partial charge in [0.2, 0.25) is 0 Å². The summed E-state index contributed by atoms with van der Waals surface area (Å²) in [7, 11) is 1.19. The molecule has 0 N–H and O–H groups in total. The van der Waals surface area contributed by atoms with E-state index in [1.807, 2.05) is 0 Å². The summed E-state index contributed by atoms with van der Waals surface area (Å²) in [6, 6.07) is 1.25. The van der Waals surface area contributed by atoms with Crippen LogP contribution in [0.1, 0.15) is 10.4 Å². The summed E-state index contributed by atoms with van der Waals surface area (Å²) in [5, 5.41) is 0. The Morgan fingerprint density at radius 2 is 2.31 bits per heavy atom. The molecule has 0 unspecified atom stereocenters. The minimum Gasteiger partial charge on any atom is -0.465 e. The molecule has 0 atom stereocenters. The Morgan fingerprint density at radius 1 is 1.69 bits per heavy atom. The van der Waals surface area contributed by atoms with E-state index in [-0.39, 0.29) is 5.56 Å². The quantitative estimate of drug-likeness (QED) is 0.598. The van der Waals surface area contributed by atoms with E-state index in [1.54, 1.807) is 0 Å². The highest BCUT2D eigenvalue weighted by molar-refractivity contribution is 9.09. The van der Waals surface area contributed by atoms with Crippen molar-refractivity contribution in [3.63, 3.8) is 0 Å². The molecule has 0 aliphatic rings. The minimum atomic E-state index is -3.18. The average Bonchev–Trinajstić information content (AvgIpc) is 2.50. The molecule has 1 aromatic heterocycles. The number of carbonyl (C=O) groups is 1. The number of aromatic nitrogens is 1. The van der Waals surface area contributed by atoms with Crippen molar-refractivity contribution in [3.8, 4) is 0 Å². The van der Waals surface area contributed by atoms with E-state index in [9.17, 15) is 13.6 Å². The van der Waals surface area contributed by atoms with Gasteiger partial charge in [0.25, 0.3) is 0 Å². The highest BCUT2D eigenvalue weighted by Crippen LogP contribution is 2.28. The highest BCUT2D eigenvalue weighted by atomic mass is 79.9. The van der Waals surface area contributed by atoms with Crippen LogP contribution in [0.2, 0.25) is 0 Å². The number of carbonyl (C=O) groups excluding carboxylic acids is 1. The van der Waals surface area contributed by atoms with Gasteiger partial charge in [-0.3, -0.25) is 4.57 Å². The van der Waals surface area contributed by atoms with Gasteiger partial charge in [-0.1, -0.05) is 0 Å². The van der Waals surface area contributed by atoms with Gasteiger partial charge in [-0.15, -0.1) is 0 Å². The molecular weight excluding hydrogens is 248 g/mol. The third-order valence-corrected chi connectivity index (χ3v) is 1.82. The lowest BCUT2D eigenvalue weighted by molar-refractivity contribution is 0.0332. The number of alkyl halides is 3. The van der Waals surface area contributed by atoms with E-state index in [0.29, 0.717) is 4.57 Å². The molecule has 1 aromatic rings. The number of halogens is 3. The fraction of sp³-hybridized carbons (Fsp3) is 0.286. The topological polar surface area (TPSA) is 31.2 Å². The van der Waals surface area contributed by atoms with Gasteiger partial charge >= 0.3 is 10.9 Å². The third kappa shape index (κ3) is 2.27. The van der Waals surface area contributed by atoms with E-state index < -0.39 is 10.9 Å². The number of esters is 1. The predicted molar refractivity (Wildman–Crippen MR) is 44.9 cm³/mol. The Labute approximate surface area is 81.4 Å². The van der Waals surface area contributed by atoms with Gasteiger partial charge in [0, 0.05) is 28.3 Å². The lowest BCUT2D eigenvalue weighted by Crippen LogP contribution is -2.12. The van der Waals surface area contributed by atoms with Gasteiger partial charge in [0.05, 0.1) is 12.7 Å². The summed E-state index contributed by atoms with van der Waals surface area (Å²) in [5.74, 6) is -0.643. The lowest BCUT2D eigenvalue weighted by atomic mass is 10.3. The Hall–Kier alpha value is -0.910. The molecule has 0 saturated carbocycles. The highest BCUT2D eigenvalue weighted by Gasteiger charge is 2.26. The van der Waals surface area contributed by atoms with Crippen molar-refractivity contribution in [2.75, 3.05) is 7.11 Å². The van der Waals surface area contributed by atoms with Crippen LogP contribution in [-0.4, -0.2) is 17.6 Å². The first-order valence-electron chi connectivity index (χ1n) is 3.28. The summed E-state index contributed by atoms with van der Waals surface area (Å²) in [5.41, 5.74) is 0.0848. The molecule has 13 heavy (non-hydrogen) atoms. The van der Waals surface area contributed by atoms with Gasteiger partial charge in [0.1, 0.15) is 0 Å². The number of hydrogen-bond donors (Lipinski definition) is 0. The summed E-state index contributed by atoms with van der Waals surface area (Å²) < 4.78 is 30.0. The van der Waals surface area contributed by atoms with Crippen LogP contribution in [0, 0.1) is 0 Å². The SMILES string of the molecule is COC(=O)c1ccn(C(F)(F)Br)c1. The van der Waals surface area contributed by atoms with Crippen molar-refractivity contribution in [2.45, 2.75) is 4.96 Å². The second-order valence-electron chi connectivity index (χ2n) is 2.27. The van der Waals surface area contributed by atoms with Crippen molar-refractivity contribution in [1.82, 2.24) is 4.57 Å². The fourth-order valence-corrected chi connectivity index (χ4v) is 1.01. The number of rotatable bonds is 2. The van der Waals surface area contributed by atoms with Gasteiger partial charge in [0.15, 0.2) is 0 Å². The molecule has 1 heterocycles. The van der Waals surface area contributed by atoms with Crippen LogP contribution < -0.4 is 0 Å². The lowest BCUT2D eigenvalue weighted by Gasteiger charge is -2.08. The van der Waals surface area contributed by atoms with Crippen molar-refractivity contribution >= 4 is 21.9 Å². The standard InChI is InChI=1S/C7H6BrF2NO2/c1-13-6(12)5-2-3-11(4-5)7(8,9)10/h2-4H,1H3. The van der Waals surface area contributed by atoms with Gasteiger partial charge in [-0.25, -0.2) is 4.79 Å². The molecule has 0 aliphatic heterocycles. The molecule has 0 bridgehead atoms. The molecule has 0 saturated heterocycles. The number of hydrogen-bond acceptors (Lipinski definition) is 2. The first-order valence-corrected chi connectivity index (χ1v) is 4.08. The van der Waals surface area contributed by atoms with Crippen LogP contribution in [-0.2, 0) is 9.69 Å². The van der Waals surface area contributed by atoms with E-state index in [4.69, 9.17) is 0 Å². The normalized spacial score (nSPS) is 11.4. The van der Waals surface area contributed by atoms with Gasteiger partial charge in [-0.2, -0.15) is 8.78 Å². The molecule has 0 radical (unpaired) electrons. The zero-order valence-electron chi connectivity index (χ0n) is 6.63. The van der Waals surface area contributed by atoms with Gasteiger partial charge < -0.3 is 4.74 Å². The van der Waals surface area contributed by atoms with Crippen molar-refractivity contribution in [3.05, 3.63) is 24.0 Å². The third-order valence-electron chi connectivity index (χ3n) is 1.41. The van der Waals surface area contributed by atoms with Crippen LogP contribution in [0.25, 0.3) is 0 Å². The maximum Gasteiger partial charge on any atom is 0.386 e. The van der Waals surface area contributed by atoms with E-state index in [1.165, 1.54) is 13.2 Å². The molecule has 0 spiro atoms. The monoisotopic (exact) mass is 253 g/mol. The van der Waals surface area contributed by atoms with Crippen molar-refractivity contribution in [1.29, 1.82) is 0 Å². The number of nitrogens with zero attached hydrogens (tertiary/aromatic N) is 1. The average molecular weight is 254 g/mol. The molecule has 0 aromatic carbocycles. The first-order chi connectivity index (χ1) is 5.95. The van der Waals surface area contributed by atoms with Crippen LogP contribution in [0.4, 0.5) is 8.78 Å². The van der Waals surface area contributed by atoms with Crippen molar-refractivity contribution < 1.29 is 18.3 Å². The zero-order valence-corrected chi connectivity index (χ0v) is 8.22. The molecule has 0 fully saturated rings. The molecule has 72 valence electrons. The predicted octanol–water partition coefficient (Wildman–Crippen LogP) is 2.18.